The average molecular weight is 434 g/mol. The maximum absolute atomic E-state index is 14.7. The minimum absolute atomic E-state index is 0.211. The van der Waals surface area contributed by atoms with Crippen molar-refractivity contribution in [2.24, 2.45) is 5.92 Å². The number of rotatable bonds is 3. The Morgan fingerprint density at radius 2 is 1.68 bits per heavy atom. The molecule has 4 rings (SSSR count). The lowest BCUT2D eigenvalue weighted by Gasteiger charge is -2.33. The summed E-state index contributed by atoms with van der Waals surface area (Å²) in [6.45, 7) is 12.1. The molecular formula is C24H36FN3O3. The van der Waals surface area contributed by atoms with Gasteiger partial charge in [0.2, 0.25) is 11.8 Å². The summed E-state index contributed by atoms with van der Waals surface area (Å²) in [5.41, 5.74) is 1.62. The van der Waals surface area contributed by atoms with E-state index in [1.54, 1.807) is 6.07 Å². The summed E-state index contributed by atoms with van der Waals surface area (Å²) >= 11 is 0. The van der Waals surface area contributed by atoms with Crippen LogP contribution in [-0.4, -0.2) is 41.8 Å². The van der Waals surface area contributed by atoms with Crippen molar-refractivity contribution in [2.75, 3.05) is 18.0 Å². The Balaban J connectivity index is 0.000000807. The van der Waals surface area contributed by atoms with E-state index in [4.69, 9.17) is 0 Å². The highest BCUT2D eigenvalue weighted by molar-refractivity contribution is 6.05. The molecule has 0 spiro atoms. The zero-order valence-electron chi connectivity index (χ0n) is 19.5. The van der Waals surface area contributed by atoms with Gasteiger partial charge in [0.25, 0.3) is 5.91 Å². The summed E-state index contributed by atoms with van der Waals surface area (Å²) in [7, 11) is 0. The zero-order valence-corrected chi connectivity index (χ0v) is 19.5. The maximum Gasteiger partial charge on any atom is 0.255 e. The number of nitrogens with zero attached hydrogens (tertiary/aromatic N) is 2. The van der Waals surface area contributed by atoms with Gasteiger partial charge in [-0.15, -0.1) is 0 Å². The predicted octanol–water partition coefficient (Wildman–Crippen LogP) is 4.27. The smallest absolute Gasteiger partial charge is 0.255 e. The summed E-state index contributed by atoms with van der Waals surface area (Å²) in [4.78, 5) is 39.7. The van der Waals surface area contributed by atoms with Crippen molar-refractivity contribution in [3.05, 3.63) is 29.1 Å². The van der Waals surface area contributed by atoms with Crippen LogP contribution in [0, 0.1) is 11.7 Å². The largest absolute Gasteiger partial charge is 0.369 e. The number of anilines is 1. The van der Waals surface area contributed by atoms with Crippen molar-refractivity contribution >= 4 is 23.4 Å². The second-order valence-electron chi connectivity index (χ2n) is 7.70. The van der Waals surface area contributed by atoms with Gasteiger partial charge in [-0.3, -0.25) is 19.7 Å². The van der Waals surface area contributed by atoms with Crippen LogP contribution in [0.15, 0.2) is 12.1 Å². The van der Waals surface area contributed by atoms with Gasteiger partial charge < -0.3 is 9.80 Å². The number of imide groups is 1. The number of amides is 3. The number of piperidine rings is 2. The van der Waals surface area contributed by atoms with Crippen LogP contribution >= 0.6 is 0 Å². The third-order valence-corrected chi connectivity index (χ3v) is 6.12. The highest BCUT2D eigenvalue weighted by atomic mass is 19.1. The lowest BCUT2D eigenvalue weighted by molar-refractivity contribution is -0.136. The topological polar surface area (TPSA) is 69.7 Å². The first kappa shape index (κ1) is 24.8. The number of halogens is 1. The fourth-order valence-corrected chi connectivity index (χ4v) is 4.40. The van der Waals surface area contributed by atoms with Crippen LogP contribution in [0.25, 0.3) is 0 Å². The molecular weight excluding hydrogens is 397 g/mol. The van der Waals surface area contributed by atoms with Crippen molar-refractivity contribution in [1.82, 2.24) is 10.2 Å². The lowest BCUT2D eigenvalue weighted by atomic mass is 9.94. The Kier molecular flexibility index (Phi) is 9.01. The average Bonchev–Trinajstić information content (AvgIpc) is 3.11. The molecule has 0 radical (unpaired) electrons. The fourth-order valence-electron chi connectivity index (χ4n) is 4.40. The first-order valence-electron chi connectivity index (χ1n) is 11.7. The first-order chi connectivity index (χ1) is 15.0. The van der Waals surface area contributed by atoms with Crippen LogP contribution in [-0.2, 0) is 16.1 Å². The van der Waals surface area contributed by atoms with Crippen LogP contribution in [0.2, 0.25) is 0 Å². The van der Waals surface area contributed by atoms with Crippen LogP contribution in [0.3, 0.4) is 0 Å². The van der Waals surface area contributed by atoms with Gasteiger partial charge in [0.05, 0.1) is 5.69 Å². The van der Waals surface area contributed by atoms with Gasteiger partial charge in [-0.05, 0) is 42.9 Å². The molecule has 0 saturated carbocycles. The van der Waals surface area contributed by atoms with Gasteiger partial charge >= 0.3 is 0 Å². The highest BCUT2D eigenvalue weighted by Gasteiger charge is 2.39. The predicted molar refractivity (Wildman–Crippen MR) is 120 cm³/mol. The number of carbonyl (C=O) groups is 3. The molecule has 1 atom stereocenters. The number of benzene rings is 1. The first-order valence-corrected chi connectivity index (χ1v) is 11.7. The van der Waals surface area contributed by atoms with Crippen molar-refractivity contribution in [3.8, 4) is 0 Å². The summed E-state index contributed by atoms with van der Waals surface area (Å²) in [6, 6.07) is 2.40. The Morgan fingerprint density at radius 1 is 1.03 bits per heavy atom. The third-order valence-electron chi connectivity index (χ3n) is 6.12. The SMILES string of the molecule is CC.CC.CCC1CCN(c2cc3c(cc2F)C(=O)N(C2CCC(=O)NC2=O)C3)CC1. The van der Waals surface area contributed by atoms with Gasteiger partial charge in [0, 0.05) is 31.6 Å². The monoisotopic (exact) mass is 433 g/mol. The van der Waals surface area contributed by atoms with Crippen LogP contribution in [0.4, 0.5) is 10.1 Å². The van der Waals surface area contributed by atoms with E-state index in [2.05, 4.69) is 17.1 Å². The van der Waals surface area contributed by atoms with Crippen LogP contribution in [0.5, 0.6) is 0 Å². The molecule has 0 aliphatic carbocycles. The van der Waals surface area contributed by atoms with Gasteiger partial charge in [0.1, 0.15) is 11.9 Å². The second-order valence-corrected chi connectivity index (χ2v) is 7.70. The van der Waals surface area contributed by atoms with Crippen molar-refractivity contribution in [3.63, 3.8) is 0 Å². The number of hydrogen-bond acceptors (Lipinski definition) is 4. The van der Waals surface area contributed by atoms with Crippen molar-refractivity contribution < 1.29 is 18.8 Å². The molecule has 6 nitrogen and oxygen atoms in total. The number of hydrogen-bond donors (Lipinski definition) is 1. The molecule has 3 aliphatic rings. The number of carbonyl (C=O) groups excluding carboxylic acids is 3. The molecule has 1 unspecified atom stereocenters. The fraction of sp³-hybridized carbons (Fsp3) is 0.625. The molecule has 3 heterocycles. The molecule has 2 fully saturated rings. The van der Waals surface area contributed by atoms with Gasteiger partial charge in [-0.25, -0.2) is 4.39 Å². The van der Waals surface area contributed by atoms with E-state index >= 15 is 0 Å². The van der Waals surface area contributed by atoms with Gasteiger partial charge in [-0.2, -0.15) is 0 Å². The van der Waals surface area contributed by atoms with E-state index in [9.17, 15) is 18.8 Å². The number of fused-ring (bicyclic) bond motifs is 1. The minimum atomic E-state index is -0.672. The van der Waals surface area contributed by atoms with E-state index in [0.717, 1.165) is 37.9 Å². The quantitative estimate of drug-likeness (QED) is 0.723. The van der Waals surface area contributed by atoms with E-state index in [1.807, 2.05) is 27.7 Å². The molecule has 3 aliphatic heterocycles. The molecule has 0 aromatic heterocycles. The van der Waals surface area contributed by atoms with E-state index in [0.29, 0.717) is 23.6 Å². The highest BCUT2D eigenvalue weighted by Crippen LogP contribution is 2.34. The standard InChI is InChI=1S/C20H24FN3O3.2C2H6/c1-2-12-5-7-23(8-6-12)17-9-13-11-24(20(27)14(13)10-15(17)21)16-3-4-18(25)22-19(16)26;2*1-2/h9-10,12,16H,2-8,11H2,1H3,(H,22,25,26);2*1-2H3. The maximum atomic E-state index is 14.7. The molecule has 1 aromatic rings. The molecule has 7 heteroatoms. The number of nitrogens with one attached hydrogen (secondary N) is 1. The molecule has 0 bridgehead atoms. The lowest BCUT2D eigenvalue weighted by Crippen LogP contribution is -2.52. The van der Waals surface area contributed by atoms with Gasteiger partial charge in [0.15, 0.2) is 0 Å². The summed E-state index contributed by atoms with van der Waals surface area (Å²) < 4.78 is 14.7. The van der Waals surface area contributed by atoms with Crippen LogP contribution in [0.1, 0.15) is 82.6 Å². The molecule has 2 saturated heterocycles. The Bertz CT molecular complexity index is 804. The molecule has 1 N–H and O–H groups in total. The summed E-state index contributed by atoms with van der Waals surface area (Å²) in [5, 5.41) is 2.28. The van der Waals surface area contributed by atoms with Crippen LogP contribution < -0.4 is 10.2 Å². The minimum Gasteiger partial charge on any atom is -0.369 e. The molecule has 31 heavy (non-hydrogen) atoms. The third kappa shape index (κ3) is 5.25. The van der Waals surface area contributed by atoms with E-state index in [-0.39, 0.29) is 30.6 Å². The normalized spacial score (nSPS) is 21.0. The van der Waals surface area contributed by atoms with E-state index < -0.39 is 11.9 Å². The zero-order chi connectivity index (χ0) is 23.1. The Labute approximate surface area is 185 Å². The van der Waals surface area contributed by atoms with Gasteiger partial charge in [-0.1, -0.05) is 41.0 Å². The Morgan fingerprint density at radius 3 is 2.26 bits per heavy atom. The van der Waals surface area contributed by atoms with Crippen molar-refractivity contribution in [1.29, 1.82) is 0 Å². The van der Waals surface area contributed by atoms with E-state index in [1.165, 1.54) is 11.0 Å². The molecule has 172 valence electrons. The molecule has 3 amide bonds. The summed E-state index contributed by atoms with van der Waals surface area (Å²) in [6.07, 6.45) is 3.77. The Hall–Kier alpha value is -2.44. The molecule has 1 aromatic carbocycles. The second kappa shape index (κ2) is 11.3. The van der Waals surface area contributed by atoms with Crippen molar-refractivity contribution in [2.45, 2.75) is 79.3 Å². The summed E-state index contributed by atoms with van der Waals surface area (Å²) in [5.74, 6) is -0.792.